The Hall–Kier alpha value is -2.60. The summed E-state index contributed by atoms with van der Waals surface area (Å²) >= 11 is 0. The zero-order valence-corrected chi connectivity index (χ0v) is 17.0. The summed E-state index contributed by atoms with van der Waals surface area (Å²) in [5, 5.41) is 3.00. The quantitative estimate of drug-likeness (QED) is 0.780. The fraction of sp³-hybridized carbons (Fsp3) is 0.478. The van der Waals surface area contributed by atoms with E-state index in [0.717, 1.165) is 49.4 Å². The maximum atomic E-state index is 13.0. The van der Waals surface area contributed by atoms with Crippen molar-refractivity contribution >= 4 is 17.5 Å². The molecule has 2 aliphatic rings. The van der Waals surface area contributed by atoms with Gasteiger partial charge in [0.2, 0.25) is 11.8 Å². The lowest BCUT2D eigenvalue weighted by Gasteiger charge is -2.33. The lowest BCUT2D eigenvalue weighted by Crippen LogP contribution is -2.46. The lowest BCUT2D eigenvalue weighted by atomic mass is 9.97. The zero-order valence-electron chi connectivity index (χ0n) is 17.0. The van der Waals surface area contributed by atoms with Crippen LogP contribution in [0.5, 0.6) is 0 Å². The molecule has 2 fully saturated rings. The van der Waals surface area contributed by atoms with Crippen LogP contribution in [0.3, 0.4) is 0 Å². The van der Waals surface area contributed by atoms with Crippen LogP contribution >= 0.6 is 0 Å². The van der Waals surface area contributed by atoms with Gasteiger partial charge in [-0.3, -0.25) is 14.5 Å². The van der Waals surface area contributed by atoms with Gasteiger partial charge in [0.25, 0.3) is 0 Å². The van der Waals surface area contributed by atoms with Gasteiger partial charge >= 0.3 is 0 Å². The molecule has 1 aliphatic carbocycles. The van der Waals surface area contributed by atoms with E-state index in [9.17, 15) is 9.59 Å². The van der Waals surface area contributed by atoms with E-state index in [0.29, 0.717) is 25.7 Å². The zero-order chi connectivity index (χ0) is 20.2. The third-order valence-electron chi connectivity index (χ3n) is 5.71. The maximum absolute atomic E-state index is 13.0. The van der Waals surface area contributed by atoms with Crippen LogP contribution in [0.2, 0.25) is 0 Å². The minimum atomic E-state index is -0.0844. The van der Waals surface area contributed by atoms with E-state index in [1.165, 1.54) is 0 Å². The maximum Gasteiger partial charge on any atom is 0.237 e. The Morgan fingerprint density at radius 1 is 1.14 bits per heavy atom. The Bertz CT molecular complexity index is 844. The number of nitrogens with zero attached hydrogens (tertiary/aromatic N) is 2. The van der Waals surface area contributed by atoms with Crippen LogP contribution in [0, 0.1) is 12.8 Å². The van der Waals surface area contributed by atoms with E-state index >= 15 is 0 Å². The van der Waals surface area contributed by atoms with Gasteiger partial charge in [-0.25, -0.2) is 0 Å². The summed E-state index contributed by atoms with van der Waals surface area (Å²) in [7, 11) is 0. The second-order valence-corrected chi connectivity index (χ2v) is 8.19. The Labute approximate surface area is 171 Å². The van der Waals surface area contributed by atoms with Gasteiger partial charge < -0.3 is 14.6 Å². The first-order valence-electron chi connectivity index (χ1n) is 10.5. The molecule has 2 aromatic rings. The van der Waals surface area contributed by atoms with Gasteiger partial charge in [0.15, 0.2) is 0 Å². The molecule has 0 spiro atoms. The SMILES string of the molecule is Cc1ccc(CN(C(=O)CN2CCCC(C(=O)Nc3ccccc3)C2)C2CC2)o1. The molecule has 6 nitrogen and oxygen atoms in total. The summed E-state index contributed by atoms with van der Waals surface area (Å²) in [6, 6.07) is 13.8. The number of hydrogen-bond acceptors (Lipinski definition) is 4. The molecule has 1 aromatic carbocycles. The molecule has 6 heteroatoms. The number of furan rings is 1. The van der Waals surface area contributed by atoms with Crippen LogP contribution in [0.15, 0.2) is 46.9 Å². The molecule has 1 saturated carbocycles. The molecule has 0 bridgehead atoms. The number of likely N-dealkylation sites (tertiary alicyclic amines) is 1. The average molecular weight is 396 g/mol. The van der Waals surface area contributed by atoms with Gasteiger partial charge in [0.1, 0.15) is 11.5 Å². The number of piperidine rings is 1. The van der Waals surface area contributed by atoms with Crippen LogP contribution in [-0.4, -0.2) is 47.3 Å². The monoisotopic (exact) mass is 395 g/mol. The summed E-state index contributed by atoms with van der Waals surface area (Å²) in [5.41, 5.74) is 0.819. The Morgan fingerprint density at radius 3 is 2.62 bits per heavy atom. The van der Waals surface area contributed by atoms with Crippen LogP contribution in [0.25, 0.3) is 0 Å². The average Bonchev–Trinajstić information content (AvgIpc) is 3.48. The van der Waals surface area contributed by atoms with Crippen molar-refractivity contribution in [2.45, 2.75) is 45.2 Å². The number of rotatable bonds is 7. The van der Waals surface area contributed by atoms with Crippen molar-refractivity contribution in [3.8, 4) is 0 Å². The molecule has 154 valence electrons. The van der Waals surface area contributed by atoms with Gasteiger partial charge in [-0.05, 0) is 63.4 Å². The first-order chi connectivity index (χ1) is 14.1. The highest BCUT2D eigenvalue weighted by molar-refractivity contribution is 5.92. The first kappa shape index (κ1) is 19.7. The van der Waals surface area contributed by atoms with Crippen molar-refractivity contribution in [3.05, 3.63) is 54.0 Å². The van der Waals surface area contributed by atoms with Crippen molar-refractivity contribution < 1.29 is 14.0 Å². The summed E-state index contributed by atoms with van der Waals surface area (Å²) < 4.78 is 5.68. The number of aryl methyl sites for hydroxylation is 1. The minimum absolute atomic E-state index is 0.0402. The summed E-state index contributed by atoms with van der Waals surface area (Å²) in [6.07, 6.45) is 3.92. The fourth-order valence-electron chi connectivity index (χ4n) is 4.01. The molecule has 1 N–H and O–H groups in total. The van der Waals surface area contributed by atoms with Gasteiger partial charge in [-0.2, -0.15) is 0 Å². The highest BCUT2D eigenvalue weighted by Gasteiger charge is 2.35. The molecule has 1 saturated heterocycles. The lowest BCUT2D eigenvalue weighted by molar-refractivity contribution is -0.135. The number of amides is 2. The van der Waals surface area contributed by atoms with E-state index in [4.69, 9.17) is 4.42 Å². The van der Waals surface area contributed by atoms with Crippen molar-refractivity contribution in [2.24, 2.45) is 5.92 Å². The van der Waals surface area contributed by atoms with E-state index in [2.05, 4.69) is 10.2 Å². The number of hydrogen-bond donors (Lipinski definition) is 1. The normalized spacial score (nSPS) is 19.7. The second kappa shape index (κ2) is 8.82. The largest absolute Gasteiger partial charge is 0.464 e. The van der Waals surface area contributed by atoms with E-state index in [-0.39, 0.29) is 17.7 Å². The van der Waals surface area contributed by atoms with E-state index < -0.39 is 0 Å². The molecular formula is C23H29N3O3. The third-order valence-corrected chi connectivity index (χ3v) is 5.71. The predicted molar refractivity (Wildman–Crippen MR) is 111 cm³/mol. The van der Waals surface area contributed by atoms with Crippen molar-refractivity contribution in [2.75, 3.05) is 25.0 Å². The molecular weight excluding hydrogens is 366 g/mol. The first-order valence-corrected chi connectivity index (χ1v) is 10.5. The molecule has 4 rings (SSSR count). The Kier molecular flexibility index (Phi) is 6.00. The number of benzene rings is 1. The van der Waals surface area contributed by atoms with Crippen molar-refractivity contribution in [1.29, 1.82) is 0 Å². The van der Waals surface area contributed by atoms with Crippen molar-refractivity contribution in [1.82, 2.24) is 9.80 Å². The molecule has 2 heterocycles. The molecule has 1 unspecified atom stereocenters. The third kappa shape index (κ3) is 5.26. The molecule has 1 atom stereocenters. The molecule has 0 radical (unpaired) electrons. The van der Waals surface area contributed by atoms with Crippen LogP contribution in [0.1, 0.15) is 37.2 Å². The fourth-order valence-corrected chi connectivity index (χ4v) is 4.01. The highest BCUT2D eigenvalue weighted by atomic mass is 16.3. The van der Waals surface area contributed by atoms with Crippen LogP contribution in [0.4, 0.5) is 5.69 Å². The number of carbonyl (C=O) groups is 2. The van der Waals surface area contributed by atoms with Gasteiger partial charge in [0.05, 0.1) is 19.0 Å². The summed E-state index contributed by atoms with van der Waals surface area (Å²) in [6.45, 7) is 4.30. The standard InChI is InChI=1S/C23H29N3O3/c1-17-9-12-21(29-17)15-26(20-10-11-20)22(27)16-25-13-5-6-18(14-25)23(28)24-19-7-3-2-4-8-19/h2-4,7-9,12,18,20H,5-6,10-11,13-16H2,1H3,(H,24,28). The van der Waals surface area contributed by atoms with Gasteiger partial charge in [0, 0.05) is 18.3 Å². The number of para-hydroxylation sites is 1. The van der Waals surface area contributed by atoms with Crippen LogP contribution < -0.4 is 5.32 Å². The van der Waals surface area contributed by atoms with E-state index in [1.54, 1.807) is 0 Å². The highest BCUT2D eigenvalue weighted by Crippen LogP contribution is 2.29. The van der Waals surface area contributed by atoms with Crippen LogP contribution in [-0.2, 0) is 16.1 Å². The number of anilines is 1. The van der Waals surface area contributed by atoms with Crippen molar-refractivity contribution in [3.63, 3.8) is 0 Å². The smallest absolute Gasteiger partial charge is 0.237 e. The minimum Gasteiger partial charge on any atom is -0.464 e. The Balaban J connectivity index is 1.33. The molecule has 2 amide bonds. The molecule has 1 aromatic heterocycles. The number of nitrogens with one attached hydrogen (secondary N) is 1. The predicted octanol–water partition coefficient (Wildman–Crippen LogP) is 3.43. The Morgan fingerprint density at radius 2 is 1.93 bits per heavy atom. The number of carbonyl (C=O) groups excluding carboxylic acids is 2. The second-order valence-electron chi connectivity index (χ2n) is 8.19. The van der Waals surface area contributed by atoms with E-state index in [1.807, 2.05) is 54.3 Å². The topological polar surface area (TPSA) is 65.8 Å². The van der Waals surface area contributed by atoms with Gasteiger partial charge in [-0.15, -0.1) is 0 Å². The van der Waals surface area contributed by atoms with Gasteiger partial charge in [-0.1, -0.05) is 18.2 Å². The molecule has 1 aliphatic heterocycles. The summed E-state index contributed by atoms with van der Waals surface area (Å²) in [4.78, 5) is 29.7. The molecule has 29 heavy (non-hydrogen) atoms. The summed E-state index contributed by atoms with van der Waals surface area (Å²) in [5.74, 6) is 1.79.